The van der Waals surface area contributed by atoms with Crippen LogP contribution >= 0.6 is 11.3 Å². The van der Waals surface area contributed by atoms with E-state index in [1.807, 2.05) is 5.38 Å². The first-order valence-corrected chi connectivity index (χ1v) is 7.67. The lowest BCUT2D eigenvalue weighted by Crippen LogP contribution is -2.16. The molecule has 0 saturated heterocycles. The third-order valence-electron chi connectivity index (χ3n) is 3.73. The van der Waals surface area contributed by atoms with Crippen LogP contribution in [0.4, 0.5) is 10.1 Å². The normalized spacial score (nSPS) is 17.6. The zero-order valence-electron chi connectivity index (χ0n) is 11.3. The predicted molar refractivity (Wildman–Crippen MR) is 79.9 cm³/mol. The molecule has 3 rings (SSSR count). The van der Waals surface area contributed by atoms with Gasteiger partial charge < -0.3 is 5.32 Å². The van der Waals surface area contributed by atoms with Gasteiger partial charge in [-0.15, -0.1) is 11.3 Å². The topological polar surface area (TPSA) is 29.1 Å². The maximum absolute atomic E-state index is 13.1. The molecule has 1 amide bonds. The van der Waals surface area contributed by atoms with Gasteiger partial charge in [0.2, 0.25) is 0 Å². The highest BCUT2D eigenvalue weighted by molar-refractivity contribution is 7.10. The van der Waals surface area contributed by atoms with Crippen LogP contribution in [0.2, 0.25) is 0 Å². The molecule has 104 valence electrons. The Morgan fingerprint density at radius 3 is 3.10 bits per heavy atom. The molecule has 1 aromatic carbocycles. The number of anilines is 1. The van der Waals surface area contributed by atoms with Crippen molar-refractivity contribution in [1.29, 1.82) is 0 Å². The van der Waals surface area contributed by atoms with Crippen LogP contribution in [-0.2, 0) is 12.8 Å². The van der Waals surface area contributed by atoms with Gasteiger partial charge in [0.15, 0.2) is 0 Å². The van der Waals surface area contributed by atoms with Crippen LogP contribution in [-0.4, -0.2) is 5.91 Å². The summed E-state index contributed by atoms with van der Waals surface area (Å²) in [4.78, 5) is 13.6. The minimum Gasteiger partial charge on any atom is -0.322 e. The maximum atomic E-state index is 13.1. The second-order valence-electron chi connectivity index (χ2n) is 5.36. The van der Waals surface area contributed by atoms with Crippen molar-refractivity contribution in [3.05, 3.63) is 51.5 Å². The molecular formula is C16H16FNOS. The summed E-state index contributed by atoms with van der Waals surface area (Å²) in [5.74, 6) is 0.215. The Bertz CT molecular complexity index is 650. The lowest BCUT2D eigenvalue weighted by Gasteiger charge is -2.18. The van der Waals surface area contributed by atoms with E-state index >= 15 is 0 Å². The number of amides is 1. The van der Waals surface area contributed by atoms with Crippen molar-refractivity contribution in [2.75, 3.05) is 5.32 Å². The quantitative estimate of drug-likeness (QED) is 0.879. The third kappa shape index (κ3) is 2.61. The van der Waals surface area contributed by atoms with Crippen LogP contribution in [0.25, 0.3) is 0 Å². The smallest absolute Gasteiger partial charge is 0.256 e. The number of fused-ring (bicyclic) bond motifs is 1. The van der Waals surface area contributed by atoms with Gasteiger partial charge in [-0.05, 0) is 48.9 Å². The van der Waals surface area contributed by atoms with Crippen molar-refractivity contribution in [3.63, 3.8) is 0 Å². The first-order valence-electron chi connectivity index (χ1n) is 6.79. The van der Waals surface area contributed by atoms with E-state index in [9.17, 15) is 9.18 Å². The average molecular weight is 289 g/mol. The molecule has 20 heavy (non-hydrogen) atoms. The number of benzene rings is 1. The molecular weight excluding hydrogens is 273 g/mol. The van der Waals surface area contributed by atoms with E-state index in [-0.39, 0.29) is 11.7 Å². The summed E-state index contributed by atoms with van der Waals surface area (Å²) in [6, 6.07) is 5.99. The lowest BCUT2D eigenvalue weighted by molar-refractivity contribution is 0.102. The summed E-state index contributed by atoms with van der Waals surface area (Å²) in [6.45, 7) is 2.25. The van der Waals surface area contributed by atoms with Gasteiger partial charge >= 0.3 is 0 Å². The van der Waals surface area contributed by atoms with Gasteiger partial charge in [-0.25, -0.2) is 4.39 Å². The molecule has 0 fully saturated rings. The SMILES string of the molecule is C[C@@H]1CCc2c(C(=O)Nc3cccc(F)c3)csc2C1. The number of rotatable bonds is 2. The molecule has 1 atom stereocenters. The van der Waals surface area contributed by atoms with E-state index in [1.165, 1.54) is 22.6 Å². The van der Waals surface area contributed by atoms with Crippen LogP contribution in [0, 0.1) is 11.7 Å². The number of thiophene rings is 1. The molecule has 0 spiro atoms. The minimum absolute atomic E-state index is 0.136. The van der Waals surface area contributed by atoms with Gasteiger partial charge in [-0.2, -0.15) is 0 Å². The number of hydrogen-bond acceptors (Lipinski definition) is 2. The Morgan fingerprint density at radius 1 is 1.45 bits per heavy atom. The zero-order chi connectivity index (χ0) is 14.1. The average Bonchev–Trinajstić information content (AvgIpc) is 2.81. The molecule has 2 nitrogen and oxygen atoms in total. The second kappa shape index (κ2) is 5.37. The molecule has 1 aromatic heterocycles. The molecule has 1 heterocycles. The zero-order valence-corrected chi connectivity index (χ0v) is 12.1. The third-order valence-corrected chi connectivity index (χ3v) is 4.78. The highest BCUT2D eigenvalue weighted by atomic mass is 32.1. The summed E-state index contributed by atoms with van der Waals surface area (Å²) >= 11 is 1.66. The Labute approximate surface area is 121 Å². The van der Waals surface area contributed by atoms with Crippen LogP contribution in [0.5, 0.6) is 0 Å². The fourth-order valence-corrected chi connectivity index (χ4v) is 3.88. The highest BCUT2D eigenvalue weighted by Gasteiger charge is 2.23. The van der Waals surface area contributed by atoms with E-state index < -0.39 is 0 Å². The van der Waals surface area contributed by atoms with Crippen LogP contribution < -0.4 is 5.32 Å². The Balaban J connectivity index is 1.81. The minimum atomic E-state index is -0.344. The molecule has 0 radical (unpaired) electrons. The van der Waals surface area contributed by atoms with Gasteiger partial charge in [0.05, 0.1) is 5.56 Å². The van der Waals surface area contributed by atoms with Crippen LogP contribution in [0.15, 0.2) is 29.6 Å². The summed E-state index contributed by atoms with van der Waals surface area (Å²) in [5.41, 5.74) is 2.43. The fourth-order valence-electron chi connectivity index (χ4n) is 2.63. The second-order valence-corrected chi connectivity index (χ2v) is 6.33. The van der Waals surface area contributed by atoms with E-state index in [2.05, 4.69) is 12.2 Å². The largest absolute Gasteiger partial charge is 0.322 e. The van der Waals surface area contributed by atoms with Gasteiger partial charge in [0, 0.05) is 15.9 Å². The Kier molecular flexibility index (Phi) is 3.57. The van der Waals surface area contributed by atoms with E-state index in [0.29, 0.717) is 11.6 Å². The van der Waals surface area contributed by atoms with Crippen molar-refractivity contribution in [2.24, 2.45) is 5.92 Å². The van der Waals surface area contributed by atoms with Crippen molar-refractivity contribution in [1.82, 2.24) is 0 Å². The number of halogens is 1. The first kappa shape index (κ1) is 13.3. The molecule has 2 aromatic rings. The molecule has 0 aliphatic heterocycles. The molecule has 1 aliphatic rings. The van der Waals surface area contributed by atoms with Crippen LogP contribution in [0.1, 0.15) is 34.1 Å². The summed E-state index contributed by atoms with van der Waals surface area (Å²) in [6.07, 6.45) is 3.16. The molecule has 0 unspecified atom stereocenters. The molecule has 0 saturated carbocycles. The first-order chi connectivity index (χ1) is 9.63. The number of nitrogens with one attached hydrogen (secondary N) is 1. The maximum Gasteiger partial charge on any atom is 0.256 e. The Hall–Kier alpha value is -1.68. The van der Waals surface area contributed by atoms with Gasteiger partial charge in [-0.1, -0.05) is 13.0 Å². The number of carbonyl (C=O) groups is 1. The molecule has 1 N–H and O–H groups in total. The number of carbonyl (C=O) groups excluding carboxylic acids is 1. The van der Waals surface area contributed by atoms with E-state index in [0.717, 1.165) is 24.8 Å². The standard InChI is InChI=1S/C16H16FNOS/c1-10-5-6-13-14(9-20-15(13)7-10)16(19)18-12-4-2-3-11(17)8-12/h2-4,8-10H,5-7H2,1H3,(H,18,19)/t10-/m1/s1. The molecule has 1 aliphatic carbocycles. The predicted octanol–water partition coefficient (Wildman–Crippen LogP) is 4.26. The van der Waals surface area contributed by atoms with Crippen LogP contribution in [0.3, 0.4) is 0 Å². The molecule has 4 heteroatoms. The van der Waals surface area contributed by atoms with Gasteiger partial charge in [0.25, 0.3) is 5.91 Å². The van der Waals surface area contributed by atoms with E-state index in [4.69, 9.17) is 0 Å². The lowest BCUT2D eigenvalue weighted by atomic mass is 9.88. The highest BCUT2D eigenvalue weighted by Crippen LogP contribution is 2.33. The molecule has 0 bridgehead atoms. The van der Waals surface area contributed by atoms with Crippen molar-refractivity contribution >= 4 is 22.9 Å². The fraction of sp³-hybridized carbons (Fsp3) is 0.312. The summed E-state index contributed by atoms with van der Waals surface area (Å²) < 4.78 is 13.1. The Morgan fingerprint density at radius 2 is 2.30 bits per heavy atom. The van der Waals surface area contributed by atoms with Crippen molar-refractivity contribution in [2.45, 2.75) is 26.2 Å². The van der Waals surface area contributed by atoms with Crippen molar-refractivity contribution < 1.29 is 9.18 Å². The van der Waals surface area contributed by atoms with Gasteiger partial charge in [-0.3, -0.25) is 4.79 Å². The van der Waals surface area contributed by atoms with Gasteiger partial charge in [0.1, 0.15) is 5.82 Å². The van der Waals surface area contributed by atoms with Crippen molar-refractivity contribution in [3.8, 4) is 0 Å². The summed E-state index contributed by atoms with van der Waals surface area (Å²) in [7, 11) is 0. The number of hydrogen-bond donors (Lipinski definition) is 1. The van der Waals surface area contributed by atoms with E-state index in [1.54, 1.807) is 23.5 Å². The monoisotopic (exact) mass is 289 g/mol. The summed E-state index contributed by atoms with van der Waals surface area (Å²) in [5, 5.41) is 4.70.